The first-order chi connectivity index (χ1) is 11.7. The molecule has 0 aliphatic carbocycles. The number of benzene rings is 1. The third kappa shape index (κ3) is 4.11. The van der Waals surface area contributed by atoms with Gasteiger partial charge in [-0.1, -0.05) is 28.9 Å². The largest absolute Gasteiger partial charge is 0.354 e. The van der Waals surface area contributed by atoms with Crippen molar-refractivity contribution in [2.45, 2.75) is 33.1 Å². The molecule has 0 bridgehead atoms. The van der Waals surface area contributed by atoms with Gasteiger partial charge in [0.05, 0.1) is 10.8 Å². The fourth-order valence-corrected chi connectivity index (χ4v) is 3.10. The number of aryl methyl sites for hydroxylation is 1. The standard InChI is InChI=1S/C17H17ClN2O5/c1-9-17(20(23)24)15(25-19-9)8-14(16(10(2)21)11(3)22)12-4-6-13(18)7-5-12/h4-7,14,16H,8H2,1-3H3. The summed E-state index contributed by atoms with van der Waals surface area (Å²) >= 11 is 5.90. The van der Waals surface area contributed by atoms with Gasteiger partial charge in [-0.3, -0.25) is 19.7 Å². The van der Waals surface area contributed by atoms with Crippen molar-refractivity contribution in [3.63, 3.8) is 0 Å². The molecule has 0 radical (unpaired) electrons. The van der Waals surface area contributed by atoms with E-state index in [0.29, 0.717) is 10.6 Å². The number of carbonyl (C=O) groups excluding carboxylic acids is 2. The lowest BCUT2D eigenvalue weighted by Gasteiger charge is -2.22. The Kier molecular flexibility index (Phi) is 5.69. The van der Waals surface area contributed by atoms with Gasteiger partial charge in [-0.15, -0.1) is 0 Å². The summed E-state index contributed by atoms with van der Waals surface area (Å²) in [4.78, 5) is 34.8. The zero-order valence-electron chi connectivity index (χ0n) is 14.0. The van der Waals surface area contributed by atoms with Crippen LogP contribution in [-0.4, -0.2) is 21.6 Å². The molecule has 1 heterocycles. The van der Waals surface area contributed by atoms with Crippen LogP contribution in [-0.2, 0) is 16.0 Å². The van der Waals surface area contributed by atoms with Crippen LogP contribution in [0.25, 0.3) is 0 Å². The maximum Gasteiger partial charge on any atom is 0.334 e. The SMILES string of the molecule is CC(=O)C(C(C)=O)C(Cc1onc(C)c1[N+](=O)[O-])c1ccc(Cl)cc1. The normalized spacial score (nSPS) is 12.2. The fraction of sp³-hybridized carbons (Fsp3) is 0.353. The quantitative estimate of drug-likeness (QED) is 0.422. The van der Waals surface area contributed by atoms with Crippen LogP contribution >= 0.6 is 11.6 Å². The maximum atomic E-state index is 12.1. The summed E-state index contributed by atoms with van der Waals surface area (Å²) < 4.78 is 5.10. The highest BCUT2D eigenvalue weighted by Crippen LogP contribution is 2.34. The Morgan fingerprint density at radius 3 is 2.28 bits per heavy atom. The van der Waals surface area contributed by atoms with Gasteiger partial charge < -0.3 is 4.52 Å². The summed E-state index contributed by atoms with van der Waals surface area (Å²) in [5, 5.41) is 15.4. The van der Waals surface area contributed by atoms with Crippen LogP contribution in [0.1, 0.15) is 36.8 Å². The van der Waals surface area contributed by atoms with Crippen molar-refractivity contribution in [3.05, 3.63) is 56.4 Å². The van der Waals surface area contributed by atoms with Crippen LogP contribution in [0.3, 0.4) is 0 Å². The second-order valence-electron chi connectivity index (χ2n) is 5.86. The van der Waals surface area contributed by atoms with Gasteiger partial charge in [0.2, 0.25) is 5.76 Å². The molecule has 1 unspecified atom stereocenters. The van der Waals surface area contributed by atoms with Crippen LogP contribution < -0.4 is 0 Å². The Morgan fingerprint density at radius 1 is 1.24 bits per heavy atom. The van der Waals surface area contributed by atoms with Crippen LogP contribution in [0, 0.1) is 23.0 Å². The van der Waals surface area contributed by atoms with Crippen molar-refractivity contribution in [3.8, 4) is 0 Å². The topological polar surface area (TPSA) is 103 Å². The van der Waals surface area contributed by atoms with E-state index in [0.717, 1.165) is 0 Å². The summed E-state index contributed by atoms with van der Waals surface area (Å²) in [6, 6.07) is 6.67. The van der Waals surface area contributed by atoms with Gasteiger partial charge in [-0.25, -0.2) is 0 Å². The third-order valence-corrected chi connectivity index (χ3v) is 4.32. The Labute approximate surface area is 149 Å². The average Bonchev–Trinajstić information content (AvgIpc) is 2.87. The Hall–Kier alpha value is -2.54. The lowest BCUT2D eigenvalue weighted by molar-refractivity contribution is -0.386. The molecule has 0 amide bonds. The first-order valence-electron chi connectivity index (χ1n) is 7.58. The molecule has 7 nitrogen and oxygen atoms in total. The van der Waals surface area contributed by atoms with Gasteiger partial charge in [0, 0.05) is 17.4 Å². The van der Waals surface area contributed by atoms with Gasteiger partial charge >= 0.3 is 5.69 Å². The van der Waals surface area contributed by atoms with Crippen molar-refractivity contribution >= 4 is 28.9 Å². The second kappa shape index (κ2) is 7.57. The van der Waals surface area contributed by atoms with E-state index >= 15 is 0 Å². The molecule has 2 aromatic rings. The molecule has 1 atom stereocenters. The van der Waals surface area contributed by atoms with E-state index in [4.69, 9.17) is 16.1 Å². The minimum Gasteiger partial charge on any atom is -0.354 e. The zero-order chi connectivity index (χ0) is 18.7. The van der Waals surface area contributed by atoms with Crippen LogP contribution in [0.4, 0.5) is 5.69 Å². The van der Waals surface area contributed by atoms with Gasteiger partial charge in [0.25, 0.3) is 0 Å². The van der Waals surface area contributed by atoms with E-state index < -0.39 is 16.8 Å². The molecule has 0 saturated heterocycles. The molecule has 0 spiro atoms. The molecule has 25 heavy (non-hydrogen) atoms. The lowest BCUT2D eigenvalue weighted by atomic mass is 9.78. The van der Waals surface area contributed by atoms with Gasteiger partial charge in [-0.05, 0) is 38.5 Å². The Balaban J connectivity index is 2.52. The number of aromatic nitrogens is 1. The number of ketones is 2. The molecule has 2 rings (SSSR count). The average molecular weight is 365 g/mol. The number of nitrogens with zero attached hydrogens (tertiary/aromatic N) is 2. The van der Waals surface area contributed by atoms with Crippen molar-refractivity contribution in [2.24, 2.45) is 5.92 Å². The lowest BCUT2D eigenvalue weighted by Crippen LogP contribution is -2.28. The first kappa shape index (κ1) is 18.8. The molecule has 0 N–H and O–H groups in total. The van der Waals surface area contributed by atoms with E-state index in [1.54, 1.807) is 24.3 Å². The van der Waals surface area contributed by atoms with E-state index in [1.165, 1.54) is 20.8 Å². The minimum atomic E-state index is -0.939. The molecule has 1 aromatic carbocycles. The number of nitro groups is 1. The number of halogens is 1. The van der Waals surface area contributed by atoms with Gasteiger partial charge in [0.1, 0.15) is 11.6 Å². The number of rotatable bonds is 7. The summed E-state index contributed by atoms with van der Waals surface area (Å²) in [5.41, 5.74) is 0.588. The fourth-order valence-electron chi connectivity index (χ4n) is 2.97. The second-order valence-corrected chi connectivity index (χ2v) is 6.29. The Morgan fingerprint density at radius 2 is 1.80 bits per heavy atom. The van der Waals surface area contributed by atoms with E-state index in [9.17, 15) is 19.7 Å². The van der Waals surface area contributed by atoms with Gasteiger partial charge in [-0.2, -0.15) is 0 Å². The molecule has 0 saturated carbocycles. The van der Waals surface area contributed by atoms with Gasteiger partial charge in [0.15, 0.2) is 5.69 Å². The summed E-state index contributed by atoms with van der Waals surface area (Å²) in [5.74, 6) is -2.14. The molecule has 1 aromatic heterocycles. The van der Waals surface area contributed by atoms with E-state index in [1.807, 2.05) is 0 Å². The van der Waals surface area contributed by atoms with Crippen LogP contribution in [0.2, 0.25) is 5.02 Å². The van der Waals surface area contributed by atoms with Crippen molar-refractivity contribution in [2.75, 3.05) is 0 Å². The maximum absolute atomic E-state index is 12.1. The summed E-state index contributed by atoms with van der Waals surface area (Å²) in [6.07, 6.45) is 0.00259. The highest BCUT2D eigenvalue weighted by atomic mass is 35.5. The van der Waals surface area contributed by atoms with Crippen molar-refractivity contribution < 1.29 is 19.0 Å². The van der Waals surface area contributed by atoms with Crippen molar-refractivity contribution in [1.82, 2.24) is 5.16 Å². The summed E-state index contributed by atoms with van der Waals surface area (Å²) in [6.45, 7) is 4.12. The molecule has 0 aliphatic heterocycles. The number of hydrogen-bond acceptors (Lipinski definition) is 6. The minimum absolute atomic E-state index is 0.00259. The molecule has 8 heteroatoms. The smallest absolute Gasteiger partial charge is 0.334 e. The first-order valence-corrected chi connectivity index (χ1v) is 7.96. The Bertz CT molecular complexity index is 799. The molecule has 0 fully saturated rings. The number of Topliss-reactive ketones (excluding diaryl/α,β-unsaturated/α-hetero) is 2. The van der Waals surface area contributed by atoms with E-state index in [2.05, 4.69) is 5.16 Å². The highest BCUT2D eigenvalue weighted by molar-refractivity contribution is 6.30. The van der Waals surface area contributed by atoms with Crippen LogP contribution in [0.15, 0.2) is 28.8 Å². The van der Waals surface area contributed by atoms with Crippen molar-refractivity contribution in [1.29, 1.82) is 0 Å². The number of hydrogen-bond donors (Lipinski definition) is 0. The third-order valence-electron chi connectivity index (χ3n) is 4.06. The highest BCUT2D eigenvalue weighted by Gasteiger charge is 2.35. The summed E-state index contributed by atoms with van der Waals surface area (Å²) in [7, 11) is 0. The monoisotopic (exact) mass is 364 g/mol. The number of carbonyl (C=O) groups is 2. The van der Waals surface area contributed by atoms with Crippen LogP contribution in [0.5, 0.6) is 0 Å². The molecule has 132 valence electrons. The molecule has 0 aliphatic rings. The molecular formula is C17H17ClN2O5. The predicted molar refractivity (Wildman–Crippen MR) is 90.6 cm³/mol. The predicted octanol–water partition coefficient (Wildman–Crippen LogP) is 3.67. The molecular weight excluding hydrogens is 348 g/mol. The zero-order valence-corrected chi connectivity index (χ0v) is 14.7. The van der Waals surface area contributed by atoms with E-state index in [-0.39, 0.29) is 35.1 Å².